The van der Waals surface area contributed by atoms with Gasteiger partial charge in [-0.05, 0) is 12.5 Å². The Hall–Kier alpha value is -1.70. The molecule has 6 nitrogen and oxygen atoms in total. The van der Waals surface area contributed by atoms with Crippen molar-refractivity contribution >= 4 is 10.0 Å². The molecular formula is C15H20N4O2S. The van der Waals surface area contributed by atoms with E-state index >= 15 is 0 Å². The molecule has 1 aliphatic heterocycles. The Morgan fingerprint density at radius 3 is 2.82 bits per heavy atom. The van der Waals surface area contributed by atoms with Crippen LogP contribution in [0, 0.1) is 0 Å². The molecule has 1 N–H and O–H groups in total. The summed E-state index contributed by atoms with van der Waals surface area (Å²) in [4.78, 5) is 0.261. The van der Waals surface area contributed by atoms with Gasteiger partial charge in [0, 0.05) is 31.9 Å². The van der Waals surface area contributed by atoms with Crippen LogP contribution in [0.1, 0.15) is 12.5 Å². The van der Waals surface area contributed by atoms with E-state index in [0.29, 0.717) is 26.2 Å². The number of rotatable bonds is 4. The third kappa shape index (κ3) is 3.06. The lowest BCUT2D eigenvalue weighted by Crippen LogP contribution is -2.52. The summed E-state index contributed by atoms with van der Waals surface area (Å²) in [7, 11) is -3.47. The molecule has 0 unspecified atom stereocenters. The predicted octanol–water partition coefficient (Wildman–Crippen LogP) is 0.914. The maximum Gasteiger partial charge on any atom is 0.246 e. The van der Waals surface area contributed by atoms with Crippen molar-refractivity contribution in [3.05, 3.63) is 48.3 Å². The first-order chi connectivity index (χ1) is 10.6. The van der Waals surface area contributed by atoms with E-state index in [1.807, 2.05) is 37.3 Å². The minimum Gasteiger partial charge on any atom is -0.314 e. The number of aromatic nitrogens is 2. The van der Waals surface area contributed by atoms with Gasteiger partial charge in [-0.2, -0.15) is 9.40 Å². The predicted molar refractivity (Wildman–Crippen MR) is 84.0 cm³/mol. The Morgan fingerprint density at radius 2 is 2.09 bits per heavy atom. The van der Waals surface area contributed by atoms with Crippen LogP contribution in [0.4, 0.5) is 0 Å². The molecule has 22 heavy (non-hydrogen) atoms. The Morgan fingerprint density at radius 1 is 1.32 bits per heavy atom. The molecule has 118 valence electrons. The Kier molecular flexibility index (Phi) is 4.28. The molecule has 2 heterocycles. The van der Waals surface area contributed by atoms with Gasteiger partial charge in [-0.3, -0.25) is 4.68 Å². The second-order valence-electron chi connectivity index (χ2n) is 5.53. The van der Waals surface area contributed by atoms with E-state index in [9.17, 15) is 8.42 Å². The number of hydrogen-bond acceptors (Lipinski definition) is 4. The minimum absolute atomic E-state index is 0.0452. The first-order valence-electron chi connectivity index (χ1n) is 7.36. The monoisotopic (exact) mass is 320 g/mol. The number of nitrogens with one attached hydrogen (secondary N) is 1. The minimum atomic E-state index is -3.47. The van der Waals surface area contributed by atoms with Gasteiger partial charge in [0.05, 0.1) is 12.7 Å². The van der Waals surface area contributed by atoms with Crippen LogP contribution in [-0.4, -0.2) is 48.2 Å². The van der Waals surface area contributed by atoms with Crippen molar-refractivity contribution in [2.24, 2.45) is 0 Å². The lowest BCUT2D eigenvalue weighted by molar-refractivity contribution is 0.284. The zero-order chi connectivity index (χ0) is 15.6. The second kappa shape index (κ2) is 6.20. The fraction of sp³-hybridized carbons (Fsp3) is 0.400. The fourth-order valence-corrected chi connectivity index (χ4v) is 4.24. The largest absolute Gasteiger partial charge is 0.314 e. The topological polar surface area (TPSA) is 67.2 Å². The van der Waals surface area contributed by atoms with Crippen LogP contribution in [0.2, 0.25) is 0 Å². The van der Waals surface area contributed by atoms with Crippen molar-refractivity contribution < 1.29 is 8.42 Å². The maximum atomic E-state index is 12.7. The summed E-state index contributed by atoms with van der Waals surface area (Å²) < 4.78 is 28.6. The standard InChI is InChI=1S/C15H20N4O2S/c1-13-9-16-7-8-19(13)22(20,21)15-10-17-18(12-15)11-14-5-3-2-4-6-14/h2-6,10,12-13,16H,7-9,11H2,1H3/t13-/m0/s1. The van der Waals surface area contributed by atoms with Gasteiger partial charge in [-0.25, -0.2) is 8.42 Å². The first kappa shape index (κ1) is 15.2. The summed E-state index contributed by atoms with van der Waals surface area (Å²) in [5, 5.41) is 7.39. The molecule has 0 saturated carbocycles. The van der Waals surface area contributed by atoms with Crippen LogP contribution in [-0.2, 0) is 16.6 Å². The summed E-state index contributed by atoms with van der Waals surface area (Å²) >= 11 is 0. The molecule has 1 saturated heterocycles. The highest BCUT2D eigenvalue weighted by molar-refractivity contribution is 7.89. The fourth-order valence-electron chi connectivity index (χ4n) is 2.65. The molecule has 0 bridgehead atoms. The zero-order valence-corrected chi connectivity index (χ0v) is 13.3. The van der Waals surface area contributed by atoms with E-state index in [-0.39, 0.29) is 10.9 Å². The summed E-state index contributed by atoms with van der Waals surface area (Å²) in [6, 6.07) is 9.81. The molecule has 0 spiro atoms. The van der Waals surface area contributed by atoms with Gasteiger partial charge < -0.3 is 5.32 Å². The van der Waals surface area contributed by atoms with Crippen LogP contribution in [0.5, 0.6) is 0 Å². The molecule has 7 heteroatoms. The van der Waals surface area contributed by atoms with E-state index in [1.54, 1.807) is 15.2 Å². The van der Waals surface area contributed by atoms with Crippen molar-refractivity contribution in [3.8, 4) is 0 Å². The molecule has 0 amide bonds. The van der Waals surface area contributed by atoms with Crippen LogP contribution in [0.25, 0.3) is 0 Å². The highest BCUT2D eigenvalue weighted by Gasteiger charge is 2.31. The normalized spacial score (nSPS) is 20.1. The number of piperazine rings is 1. The SMILES string of the molecule is C[C@H]1CNCCN1S(=O)(=O)c1cnn(Cc2ccccc2)c1. The van der Waals surface area contributed by atoms with Crippen molar-refractivity contribution in [2.75, 3.05) is 19.6 Å². The first-order valence-corrected chi connectivity index (χ1v) is 8.80. The van der Waals surface area contributed by atoms with E-state index in [1.165, 1.54) is 6.20 Å². The number of nitrogens with zero attached hydrogens (tertiary/aromatic N) is 3. The molecule has 0 aliphatic carbocycles. The lowest BCUT2D eigenvalue weighted by atomic mass is 10.2. The molecule has 2 aromatic rings. The summed E-state index contributed by atoms with van der Waals surface area (Å²) in [6.45, 7) is 4.33. The molecule has 1 aromatic heterocycles. The van der Waals surface area contributed by atoms with Gasteiger partial charge in [0.2, 0.25) is 10.0 Å². The molecule has 1 fully saturated rings. The molecule has 1 atom stereocenters. The molecule has 0 radical (unpaired) electrons. The van der Waals surface area contributed by atoms with Gasteiger partial charge in [-0.15, -0.1) is 0 Å². The van der Waals surface area contributed by atoms with Crippen LogP contribution in [0.15, 0.2) is 47.6 Å². The lowest BCUT2D eigenvalue weighted by Gasteiger charge is -2.32. The van der Waals surface area contributed by atoms with Gasteiger partial charge in [0.15, 0.2) is 0 Å². The average Bonchev–Trinajstić information content (AvgIpc) is 2.98. The summed E-state index contributed by atoms with van der Waals surface area (Å²) in [6.07, 6.45) is 3.05. The van der Waals surface area contributed by atoms with E-state index in [0.717, 1.165) is 5.56 Å². The smallest absolute Gasteiger partial charge is 0.246 e. The highest BCUT2D eigenvalue weighted by atomic mass is 32.2. The van der Waals surface area contributed by atoms with E-state index < -0.39 is 10.0 Å². The van der Waals surface area contributed by atoms with Crippen LogP contribution in [0.3, 0.4) is 0 Å². The van der Waals surface area contributed by atoms with Gasteiger partial charge >= 0.3 is 0 Å². The van der Waals surface area contributed by atoms with E-state index in [4.69, 9.17) is 0 Å². The van der Waals surface area contributed by atoms with Crippen molar-refractivity contribution in [2.45, 2.75) is 24.4 Å². The number of sulfonamides is 1. The summed E-state index contributed by atoms with van der Waals surface area (Å²) in [5.41, 5.74) is 1.09. The van der Waals surface area contributed by atoms with E-state index in [2.05, 4.69) is 10.4 Å². The van der Waals surface area contributed by atoms with Crippen LogP contribution < -0.4 is 5.32 Å². The Bertz CT molecular complexity index is 727. The molecule has 1 aliphatic rings. The van der Waals surface area contributed by atoms with Gasteiger partial charge in [0.25, 0.3) is 0 Å². The second-order valence-corrected chi connectivity index (χ2v) is 7.42. The third-order valence-electron chi connectivity index (χ3n) is 3.84. The number of hydrogen-bond donors (Lipinski definition) is 1. The maximum absolute atomic E-state index is 12.7. The van der Waals surface area contributed by atoms with Crippen molar-refractivity contribution in [1.82, 2.24) is 19.4 Å². The molecular weight excluding hydrogens is 300 g/mol. The average molecular weight is 320 g/mol. The quantitative estimate of drug-likeness (QED) is 0.909. The molecule has 3 rings (SSSR count). The van der Waals surface area contributed by atoms with Crippen molar-refractivity contribution in [3.63, 3.8) is 0 Å². The third-order valence-corrected chi connectivity index (χ3v) is 5.81. The van der Waals surface area contributed by atoms with Gasteiger partial charge in [0.1, 0.15) is 4.90 Å². The van der Waals surface area contributed by atoms with Gasteiger partial charge in [-0.1, -0.05) is 30.3 Å². The highest BCUT2D eigenvalue weighted by Crippen LogP contribution is 2.19. The summed E-state index contributed by atoms with van der Waals surface area (Å²) in [5.74, 6) is 0. The van der Waals surface area contributed by atoms with Crippen LogP contribution >= 0.6 is 0 Å². The van der Waals surface area contributed by atoms with Crippen molar-refractivity contribution in [1.29, 1.82) is 0 Å². The molecule has 1 aromatic carbocycles. The Labute approximate surface area is 130 Å². The Balaban J connectivity index is 1.80. The zero-order valence-electron chi connectivity index (χ0n) is 12.5. The number of benzene rings is 1.